The van der Waals surface area contributed by atoms with Crippen molar-refractivity contribution in [3.8, 4) is 5.88 Å². The van der Waals surface area contributed by atoms with Crippen molar-refractivity contribution in [2.45, 2.75) is 57.1 Å². The molecule has 1 aromatic carbocycles. The molecule has 4 aromatic rings. The Kier molecular flexibility index (Phi) is 8.81. The molecule has 0 bridgehead atoms. The van der Waals surface area contributed by atoms with E-state index in [0.717, 1.165) is 19.3 Å². The second-order valence-corrected chi connectivity index (χ2v) is 11.6. The molecule has 9 nitrogen and oxygen atoms in total. The van der Waals surface area contributed by atoms with Crippen LogP contribution in [0, 0.1) is 0 Å². The van der Waals surface area contributed by atoms with Gasteiger partial charge in [0, 0.05) is 78.9 Å². The van der Waals surface area contributed by atoms with Gasteiger partial charge in [0.2, 0.25) is 5.88 Å². The molecule has 2 amide bonds. The minimum absolute atomic E-state index is 0.00662. The maximum absolute atomic E-state index is 13.8. The molecule has 0 radical (unpaired) electrons. The van der Waals surface area contributed by atoms with E-state index in [9.17, 15) is 35.9 Å². The lowest BCUT2D eigenvalue weighted by Crippen LogP contribution is -2.39. The Hall–Kier alpha value is -4.69. The predicted octanol–water partition coefficient (Wildman–Crippen LogP) is 6.55. The third kappa shape index (κ3) is 7.03. The van der Waals surface area contributed by atoms with Crippen LogP contribution in [0.2, 0.25) is 0 Å². The van der Waals surface area contributed by atoms with Crippen molar-refractivity contribution in [1.29, 1.82) is 0 Å². The quantitative estimate of drug-likeness (QED) is 0.218. The van der Waals surface area contributed by atoms with Gasteiger partial charge in [0.1, 0.15) is 6.61 Å². The van der Waals surface area contributed by atoms with Gasteiger partial charge in [-0.15, -0.1) is 0 Å². The monoisotopic (exact) mass is 660 g/mol. The molecule has 0 N–H and O–H groups in total. The number of ether oxygens (including phenoxy) is 1. The zero-order valence-electron chi connectivity index (χ0n) is 25.0. The number of pyridine rings is 2. The van der Waals surface area contributed by atoms with E-state index in [4.69, 9.17) is 4.74 Å². The Bertz CT molecular complexity index is 1760. The highest BCUT2D eigenvalue weighted by molar-refractivity contribution is 6.10. The first kappa shape index (κ1) is 32.3. The van der Waals surface area contributed by atoms with Crippen LogP contribution in [0.3, 0.4) is 0 Å². The Morgan fingerprint density at radius 2 is 1.55 bits per heavy atom. The zero-order valence-corrected chi connectivity index (χ0v) is 25.0. The van der Waals surface area contributed by atoms with E-state index in [0.29, 0.717) is 61.6 Å². The molecule has 0 aliphatic carbocycles. The normalized spacial score (nSPS) is 16.5. The summed E-state index contributed by atoms with van der Waals surface area (Å²) in [6.07, 6.45) is -0.797. The van der Waals surface area contributed by atoms with Gasteiger partial charge in [-0.05, 0) is 56.4 Å². The molecule has 2 saturated heterocycles. The first-order valence-corrected chi connectivity index (χ1v) is 15.2. The van der Waals surface area contributed by atoms with Crippen LogP contribution in [0.1, 0.15) is 75.7 Å². The molecule has 2 fully saturated rings. The van der Waals surface area contributed by atoms with E-state index in [1.165, 1.54) is 18.3 Å². The molecule has 3 aromatic heterocycles. The van der Waals surface area contributed by atoms with Gasteiger partial charge in [0.25, 0.3) is 11.8 Å². The summed E-state index contributed by atoms with van der Waals surface area (Å²) in [5, 5.41) is 5.12. The average molecular weight is 661 g/mol. The van der Waals surface area contributed by atoms with E-state index in [1.807, 2.05) is 16.9 Å². The summed E-state index contributed by atoms with van der Waals surface area (Å²) in [5.74, 6) is -0.714. The Balaban J connectivity index is 1.29. The zero-order chi connectivity index (χ0) is 33.3. The highest BCUT2D eigenvalue weighted by Crippen LogP contribution is 2.37. The number of benzene rings is 1. The fourth-order valence-electron chi connectivity index (χ4n) is 6.05. The molecule has 2 aliphatic rings. The smallest absolute Gasteiger partial charge is 0.418 e. The Morgan fingerprint density at radius 1 is 0.830 bits per heavy atom. The Labute approximate surface area is 265 Å². The second-order valence-electron chi connectivity index (χ2n) is 11.6. The number of halogens is 6. The fraction of sp³-hybridized carbons (Fsp3) is 0.406. The van der Waals surface area contributed by atoms with Crippen molar-refractivity contribution >= 4 is 22.6 Å². The van der Waals surface area contributed by atoms with Crippen molar-refractivity contribution in [3.63, 3.8) is 0 Å². The summed E-state index contributed by atoms with van der Waals surface area (Å²) in [4.78, 5) is 38.5. The topological polar surface area (TPSA) is 93.5 Å². The Morgan fingerprint density at radius 3 is 2.21 bits per heavy atom. The molecule has 248 valence electrons. The van der Waals surface area contributed by atoms with Gasteiger partial charge in [-0.25, -0.2) is 4.98 Å². The molecular formula is C32H30F6N6O3. The van der Waals surface area contributed by atoms with Gasteiger partial charge in [-0.2, -0.15) is 31.4 Å². The fourth-order valence-corrected chi connectivity index (χ4v) is 6.05. The number of fused-ring (bicyclic) bond motifs is 1. The summed E-state index contributed by atoms with van der Waals surface area (Å²) in [6.45, 7) is 1.24. The maximum atomic E-state index is 13.8. The number of hydrogen-bond acceptors (Lipinski definition) is 6. The summed E-state index contributed by atoms with van der Waals surface area (Å²) < 4.78 is 87.5. The molecule has 47 heavy (non-hydrogen) atoms. The number of hydrogen-bond donors (Lipinski definition) is 0. The number of aromatic nitrogens is 4. The van der Waals surface area contributed by atoms with Crippen LogP contribution < -0.4 is 4.74 Å². The SMILES string of the molecule is O=C(c1cc(C(=O)N2CCCCC2)c2cc(OCc3ncc(C(F)(F)F)cc3C(F)(F)F)ncc2c1)N1CCC(n2cccn2)CC1. The lowest BCUT2D eigenvalue weighted by atomic mass is 9.98. The predicted molar refractivity (Wildman–Crippen MR) is 156 cm³/mol. The van der Waals surface area contributed by atoms with E-state index in [2.05, 4.69) is 15.1 Å². The van der Waals surface area contributed by atoms with Crippen LogP contribution in [-0.4, -0.2) is 67.5 Å². The molecule has 6 rings (SSSR count). The molecular weight excluding hydrogens is 630 g/mol. The minimum Gasteiger partial charge on any atom is -0.471 e. The summed E-state index contributed by atoms with van der Waals surface area (Å²) in [5.41, 5.74) is -3.35. The second kappa shape index (κ2) is 12.8. The average Bonchev–Trinajstić information content (AvgIpc) is 3.61. The standard InChI is InChI=1S/C32H30F6N6O3/c33-31(34,35)22-15-26(32(36,37)38)27(39-18-22)19-47-28-16-24-21(17-40-28)13-20(14-25(24)30(46)42-8-2-1-3-9-42)29(45)43-11-5-23(6-12-43)44-10-4-7-41-44/h4,7,10,13-18,23H,1-3,5-6,8-9,11-12,19H2. The number of carbonyl (C=O) groups is 2. The van der Waals surface area contributed by atoms with Crippen molar-refractivity contribution in [3.05, 3.63) is 83.1 Å². The van der Waals surface area contributed by atoms with Crippen LogP contribution >= 0.6 is 0 Å². The van der Waals surface area contributed by atoms with Crippen LogP contribution in [0.4, 0.5) is 26.3 Å². The van der Waals surface area contributed by atoms with Crippen LogP contribution in [0.15, 0.2) is 55.1 Å². The molecule has 15 heteroatoms. The van der Waals surface area contributed by atoms with Crippen LogP contribution in [0.25, 0.3) is 10.8 Å². The molecule has 0 unspecified atom stereocenters. The number of carbonyl (C=O) groups excluding carboxylic acids is 2. The van der Waals surface area contributed by atoms with Crippen molar-refractivity contribution < 1.29 is 40.7 Å². The highest BCUT2D eigenvalue weighted by Gasteiger charge is 2.39. The van der Waals surface area contributed by atoms with E-state index in [1.54, 1.807) is 22.1 Å². The molecule has 0 atom stereocenters. The van der Waals surface area contributed by atoms with Gasteiger partial charge in [0.05, 0.1) is 22.9 Å². The third-order valence-electron chi connectivity index (χ3n) is 8.54. The number of piperidine rings is 2. The largest absolute Gasteiger partial charge is 0.471 e. The number of likely N-dealkylation sites (tertiary alicyclic amines) is 2. The van der Waals surface area contributed by atoms with Gasteiger partial charge >= 0.3 is 12.4 Å². The minimum atomic E-state index is -5.12. The van der Waals surface area contributed by atoms with E-state index < -0.39 is 35.8 Å². The number of rotatable bonds is 6. The molecule has 5 heterocycles. The number of nitrogens with zero attached hydrogens (tertiary/aromatic N) is 6. The summed E-state index contributed by atoms with van der Waals surface area (Å²) in [6, 6.07) is 6.55. The number of amides is 2. The van der Waals surface area contributed by atoms with Gasteiger partial charge in [-0.3, -0.25) is 19.3 Å². The molecule has 0 saturated carbocycles. The van der Waals surface area contributed by atoms with Gasteiger partial charge < -0.3 is 14.5 Å². The third-order valence-corrected chi connectivity index (χ3v) is 8.54. The highest BCUT2D eigenvalue weighted by atomic mass is 19.4. The van der Waals surface area contributed by atoms with E-state index in [-0.39, 0.29) is 35.4 Å². The van der Waals surface area contributed by atoms with E-state index >= 15 is 0 Å². The van der Waals surface area contributed by atoms with Crippen molar-refractivity contribution in [2.75, 3.05) is 26.2 Å². The van der Waals surface area contributed by atoms with Crippen molar-refractivity contribution in [1.82, 2.24) is 29.5 Å². The summed E-state index contributed by atoms with van der Waals surface area (Å²) in [7, 11) is 0. The van der Waals surface area contributed by atoms with Gasteiger partial charge in [0.15, 0.2) is 0 Å². The van der Waals surface area contributed by atoms with Gasteiger partial charge in [-0.1, -0.05) is 0 Å². The first-order chi connectivity index (χ1) is 22.4. The lowest BCUT2D eigenvalue weighted by molar-refractivity contribution is -0.144. The maximum Gasteiger partial charge on any atom is 0.418 e. The molecule has 2 aliphatic heterocycles. The number of alkyl halides is 6. The summed E-state index contributed by atoms with van der Waals surface area (Å²) >= 11 is 0. The molecule has 0 spiro atoms. The van der Waals surface area contributed by atoms with Crippen LogP contribution in [-0.2, 0) is 19.0 Å². The van der Waals surface area contributed by atoms with Crippen molar-refractivity contribution in [2.24, 2.45) is 0 Å². The first-order valence-electron chi connectivity index (χ1n) is 15.2. The van der Waals surface area contributed by atoms with Crippen LogP contribution in [0.5, 0.6) is 5.88 Å². The lowest BCUT2D eigenvalue weighted by Gasteiger charge is -2.32.